The molecule has 0 aliphatic rings. The van der Waals surface area contributed by atoms with Gasteiger partial charge >= 0.3 is 5.97 Å². The van der Waals surface area contributed by atoms with Crippen LogP contribution in [-0.4, -0.2) is 41.6 Å². The van der Waals surface area contributed by atoms with Gasteiger partial charge in [-0.15, -0.1) is 0 Å². The summed E-state index contributed by atoms with van der Waals surface area (Å²) >= 11 is 0. The molecule has 0 fully saturated rings. The molecule has 1 unspecified atom stereocenters. The molecule has 8 nitrogen and oxygen atoms in total. The maximum absolute atomic E-state index is 13.1. The van der Waals surface area contributed by atoms with Crippen LogP contribution in [0.25, 0.3) is 11.4 Å². The quantitative estimate of drug-likeness (QED) is 0.471. The smallest absolute Gasteiger partial charge is 0.328 e. The van der Waals surface area contributed by atoms with Crippen molar-refractivity contribution in [2.75, 3.05) is 13.7 Å². The molecule has 0 saturated heterocycles. The molecular formula is C26H29N3O5. The number of carbonyl (C=O) groups is 2. The molecule has 0 aliphatic heterocycles. The molecule has 0 radical (unpaired) electrons. The fraction of sp³-hybridized carbons (Fsp3) is 0.308. The number of amides is 1. The number of aryl methyl sites for hydroxylation is 1. The fourth-order valence-electron chi connectivity index (χ4n) is 3.39. The summed E-state index contributed by atoms with van der Waals surface area (Å²) in [4.78, 5) is 45.0. The SMILES string of the molecule is CCCOc1ccc(C(=O)NC(Cc2ccccc2)C(=O)OC)cc1-c1nc(C)c(C)c(=O)[nH]1. The number of benzene rings is 2. The molecule has 8 heteroatoms. The number of H-pyrrole nitrogens is 1. The van der Waals surface area contributed by atoms with Crippen LogP contribution in [0.2, 0.25) is 0 Å². The highest BCUT2D eigenvalue weighted by Gasteiger charge is 2.23. The summed E-state index contributed by atoms with van der Waals surface area (Å²) in [5.41, 5.74) is 2.52. The zero-order valence-corrected chi connectivity index (χ0v) is 19.8. The van der Waals surface area contributed by atoms with Crippen molar-refractivity contribution in [3.05, 3.63) is 81.3 Å². The van der Waals surface area contributed by atoms with Crippen molar-refractivity contribution in [2.45, 2.75) is 39.7 Å². The zero-order chi connectivity index (χ0) is 24.7. The van der Waals surface area contributed by atoms with Crippen molar-refractivity contribution < 1.29 is 19.1 Å². The highest BCUT2D eigenvalue weighted by atomic mass is 16.5. The first kappa shape index (κ1) is 24.7. The Labute approximate surface area is 198 Å². The Morgan fingerprint density at radius 1 is 1.12 bits per heavy atom. The molecule has 1 aromatic heterocycles. The number of esters is 1. The highest BCUT2D eigenvalue weighted by Crippen LogP contribution is 2.29. The molecule has 0 aliphatic carbocycles. The summed E-state index contributed by atoms with van der Waals surface area (Å²) in [7, 11) is 1.28. The van der Waals surface area contributed by atoms with Crippen molar-refractivity contribution in [3.8, 4) is 17.1 Å². The largest absolute Gasteiger partial charge is 0.493 e. The van der Waals surface area contributed by atoms with Crippen LogP contribution in [0, 0.1) is 13.8 Å². The minimum absolute atomic E-state index is 0.257. The third-order valence-corrected chi connectivity index (χ3v) is 5.43. The van der Waals surface area contributed by atoms with Crippen molar-refractivity contribution in [1.29, 1.82) is 0 Å². The van der Waals surface area contributed by atoms with Gasteiger partial charge in [0.15, 0.2) is 0 Å². The van der Waals surface area contributed by atoms with Gasteiger partial charge in [-0.3, -0.25) is 9.59 Å². The van der Waals surface area contributed by atoms with E-state index in [1.807, 2.05) is 37.3 Å². The van der Waals surface area contributed by atoms with Gasteiger partial charge in [0.1, 0.15) is 17.6 Å². The number of nitrogens with zero attached hydrogens (tertiary/aromatic N) is 1. The Morgan fingerprint density at radius 2 is 1.85 bits per heavy atom. The second-order valence-electron chi connectivity index (χ2n) is 7.92. The zero-order valence-electron chi connectivity index (χ0n) is 19.8. The van der Waals surface area contributed by atoms with Crippen molar-refractivity contribution in [2.24, 2.45) is 0 Å². The number of carbonyl (C=O) groups excluding carboxylic acids is 2. The van der Waals surface area contributed by atoms with Crippen LogP contribution in [0.5, 0.6) is 5.75 Å². The normalized spacial score (nSPS) is 11.5. The first-order valence-electron chi connectivity index (χ1n) is 11.1. The Balaban J connectivity index is 1.95. The van der Waals surface area contributed by atoms with Gasteiger partial charge in [-0.05, 0) is 44.0 Å². The summed E-state index contributed by atoms with van der Waals surface area (Å²) in [6.45, 7) is 5.90. The molecule has 3 aromatic rings. The molecule has 2 aromatic carbocycles. The van der Waals surface area contributed by atoms with Gasteiger partial charge in [0.05, 0.1) is 19.3 Å². The maximum Gasteiger partial charge on any atom is 0.328 e. The summed E-state index contributed by atoms with van der Waals surface area (Å²) in [6, 6.07) is 13.4. The van der Waals surface area contributed by atoms with Crippen molar-refractivity contribution >= 4 is 11.9 Å². The number of hydrogen-bond donors (Lipinski definition) is 2. The van der Waals surface area contributed by atoms with Crippen molar-refractivity contribution in [3.63, 3.8) is 0 Å². The molecule has 1 amide bonds. The van der Waals surface area contributed by atoms with Gasteiger partial charge in [-0.1, -0.05) is 37.3 Å². The molecule has 1 atom stereocenters. The van der Waals surface area contributed by atoms with Crippen LogP contribution < -0.4 is 15.6 Å². The predicted molar refractivity (Wildman–Crippen MR) is 129 cm³/mol. The first-order valence-corrected chi connectivity index (χ1v) is 11.1. The van der Waals surface area contributed by atoms with E-state index in [2.05, 4.69) is 15.3 Å². The van der Waals surface area contributed by atoms with Crippen LogP contribution in [0.3, 0.4) is 0 Å². The molecule has 1 heterocycles. The minimum atomic E-state index is -0.862. The molecule has 0 spiro atoms. The number of rotatable bonds is 9. The Bertz CT molecular complexity index is 1220. The van der Waals surface area contributed by atoms with Crippen LogP contribution in [-0.2, 0) is 16.0 Å². The molecule has 3 rings (SSSR count). The molecule has 178 valence electrons. The number of aromatic nitrogens is 2. The Morgan fingerprint density at radius 3 is 2.50 bits per heavy atom. The predicted octanol–water partition coefficient (Wildman–Crippen LogP) is 3.36. The Hall–Kier alpha value is -3.94. The van der Waals surface area contributed by atoms with Gasteiger partial charge in [0.25, 0.3) is 11.5 Å². The number of methoxy groups -OCH3 is 1. The topological polar surface area (TPSA) is 110 Å². The van der Waals surface area contributed by atoms with Gasteiger partial charge in [-0.25, -0.2) is 9.78 Å². The summed E-state index contributed by atoms with van der Waals surface area (Å²) in [5, 5.41) is 2.76. The molecule has 2 N–H and O–H groups in total. The van der Waals surface area contributed by atoms with Crippen LogP contribution >= 0.6 is 0 Å². The van der Waals surface area contributed by atoms with E-state index >= 15 is 0 Å². The van der Waals surface area contributed by atoms with Crippen molar-refractivity contribution in [1.82, 2.24) is 15.3 Å². The number of aromatic amines is 1. The summed E-state index contributed by atoms with van der Waals surface area (Å²) in [6.07, 6.45) is 1.08. The van der Waals surface area contributed by atoms with Gasteiger partial charge < -0.3 is 19.8 Å². The van der Waals surface area contributed by atoms with Gasteiger partial charge in [0.2, 0.25) is 0 Å². The maximum atomic E-state index is 13.1. The second kappa shape index (κ2) is 11.3. The standard InChI is InChI=1S/C26H29N3O5/c1-5-13-34-22-12-11-19(15-20(22)23-27-17(3)16(2)24(30)29-23)25(31)28-21(26(32)33-4)14-18-9-7-6-8-10-18/h6-12,15,21H,5,13-14H2,1-4H3,(H,28,31)(H,27,29,30). The highest BCUT2D eigenvalue weighted by molar-refractivity contribution is 5.98. The fourth-order valence-corrected chi connectivity index (χ4v) is 3.39. The third-order valence-electron chi connectivity index (χ3n) is 5.43. The molecule has 34 heavy (non-hydrogen) atoms. The van der Waals surface area contributed by atoms with Gasteiger partial charge in [0, 0.05) is 23.2 Å². The van der Waals surface area contributed by atoms with E-state index in [1.54, 1.807) is 32.0 Å². The van der Waals surface area contributed by atoms with Gasteiger partial charge in [-0.2, -0.15) is 0 Å². The average Bonchev–Trinajstić information content (AvgIpc) is 2.85. The van der Waals surface area contributed by atoms with E-state index < -0.39 is 17.9 Å². The van der Waals surface area contributed by atoms with E-state index in [4.69, 9.17) is 9.47 Å². The Kier molecular flexibility index (Phi) is 8.19. The minimum Gasteiger partial charge on any atom is -0.493 e. The van der Waals surface area contributed by atoms with E-state index in [0.717, 1.165) is 12.0 Å². The van der Waals surface area contributed by atoms with E-state index in [0.29, 0.717) is 40.6 Å². The monoisotopic (exact) mass is 463 g/mol. The molecule has 0 bridgehead atoms. The number of ether oxygens (including phenoxy) is 2. The lowest BCUT2D eigenvalue weighted by Crippen LogP contribution is -2.43. The lowest BCUT2D eigenvalue weighted by Gasteiger charge is -2.18. The molecule has 0 saturated carbocycles. The van der Waals surface area contributed by atoms with E-state index in [9.17, 15) is 14.4 Å². The third kappa shape index (κ3) is 5.89. The lowest BCUT2D eigenvalue weighted by atomic mass is 10.0. The second-order valence-corrected chi connectivity index (χ2v) is 7.92. The average molecular weight is 464 g/mol. The van der Waals surface area contributed by atoms with Crippen LogP contribution in [0.1, 0.15) is 40.5 Å². The van der Waals surface area contributed by atoms with E-state index in [1.165, 1.54) is 7.11 Å². The summed E-state index contributed by atoms with van der Waals surface area (Å²) < 4.78 is 10.7. The lowest BCUT2D eigenvalue weighted by molar-refractivity contribution is -0.142. The molecular weight excluding hydrogens is 434 g/mol. The van der Waals surface area contributed by atoms with Crippen LogP contribution in [0.15, 0.2) is 53.3 Å². The summed E-state index contributed by atoms with van der Waals surface area (Å²) in [5.74, 6) is -0.192. The number of hydrogen-bond acceptors (Lipinski definition) is 6. The van der Waals surface area contributed by atoms with Crippen LogP contribution in [0.4, 0.5) is 0 Å². The van der Waals surface area contributed by atoms with E-state index in [-0.39, 0.29) is 12.0 Å². The first-order chi connectivity index (χ1) is 16.3. The number of nitrogens with one attached hydrogen (secondary N) is 2.